The van der Waals surface area contributed by atoms with Crippen molar-refractivity contribution >= 4 is 23.1 Å². The predicted molar refractivity (Wildman–Crippen MR) is 76.3 cm³/mol. The first kappa shape index (κ1) is 13.2. The lowest BCUT2D eigenvalue weighted by molar-refractivity contribution is 0.0697. The Morgan fingerprint density at radius 2 is 2.29 bits per heavy atom. The van der Waals surface area contributed by atoms with E-state index < -0.39 is 5.97 Å². The molecule has 7 heteroatoms. The average Bonchev–Trinajstić information content (AvgIpc) is 3.03. The second-order valence-corrected chi connectivity index (χ2v) is 4.86. The lowest BCUT2D eigenvalue weighted by Crippen LogP contribution is -2.16. The van der Waals surface area contributed by atoms with Crippen LogP contribution in [0, 0.1) is 0 Å². The van der Waals surface area contributed by atoms with Crippen molar-refractivity contribution in [1.29, 1.82) is 0 Å². The van der Waals surface area contributed by atoms with Crippen LogP contribution < -0.4 is 4.90 Å². The zero-order valence-electron chi connectivity index (χ0n) is 11.6. The van der Waals surface area contributed by atoms with Gasteiger partial charge in [0.25, 0.3) is 6.01 Å². The maximum Gasteiger partial charge on any atom is 0.335 e. The molecule has 2 heterocycles. The third kappa shape index (κ3) is 2.58. The van der Waals surface area contributed by atoms with Crippen LogP contribution in [0.2, 0.25) is 0 Å². The highest BCUT2D eigenvalue weighted by atomic mass is 16.4. The average molecular weight is 286 g/mol. The Kier molecular flexibility index (Phi) is 3.09. The van der Waals surface area contributed by atoms with Crippen LogP contribution in [0.5, 0.6) is 0 Å². The third-order valence-corrected chi connectivity index (χ3v) is 3.13. The number of aryl methyl sites for hydroxylation is 1. The Balaban J connectivity index is 1.87. The standard InChI is InChI=1S/C14H14N4O3/c1-17(7-9-6-15-18(2)8-9)14-16-11-4-3-10(13(19)20)5-12(11)21-14/h3-6,8H,7H2,1-2H3,(H,19,20). The summed E-state index contributed by atoms with van der Waals surface area (Å²) in [5, 5.41) is 13.1. The molecule has 2 aromatic heterocycles. The van der Waals surface area contributed by atoms with E-state index in [0.717, 1.165) is 5.56 Å². The molecule has 1 N–H and O–H groups in total. The highest BCUT2D eigenvalue weighted by Gasteiger charge is 2.13. The van der Waals surface area contributed by atoms with Crippen LogP contribution in [0.4, 0.5) is 6.01 Å². The predicted octanol–water partition coefficient (Wildman–Crippen LogP) is 1.90. The van der Waals surface area contributed by atoms with E-state index in [4.69, 9.17) is 9.52 Å². The van der Waals surface area contributed by atoms with Gasteiger partial charge in [-0.15, -0.1) is 0 Å². The molecule has 0 amide bonds. The molecule has 108 valence electrons. The van der Waals surface area contributed by atoms with Crippen LogP contribution in [0.25, 0.3) is 11.1 Å². The van der Waals surface area contributed by atoms with Crippen molar-refractivity contribution in [3.05, 3.63) is 41.7 Å². The van der Waals surface area contributed by atoms with Gasteiger partial charge < -0.3 is 14.4 Å². The summed E-state index contributed by atoms with van der Waals surface area (Å²) in [4.78, 5) is 17.1. The number of benzene rings is 1. The van der Waals surface area contributed by atoms with Gasteiger partial charge >= 0.3 is 5.97 Å². The minimum absolute atomic E-state index is 0.181. The number of nitrogens with zero attached hydrogens (tertiary/aromatic N) is 4. The summed E-state index contributed by atoms with van der Waals surface area (Å²) >= 11 is 0. The highest BCUT2D eigenvalue weighted by molar-refractivity contribution is 5.92. The van der Waals surface area contributed by atoms with Crippen molar-refractivity contribution in [2.45, 2.75) is 6.54 Å². The second kappa shape index (κ2) is 4.93. The van der Waals surface area contributed by atoms with E-state index in [2.05, 4.69) is 10.1 Å². The van der Waals surface area contributed by atoms with E-state index >= 15 is 0 Å². The fourth-order valence-electron chi connectivity index (χ4n) is 2.10. The number of carbonyl (C=O) groups is 1. The van der Waals surface area contributed by atoms with Gasteiger partial charge in [-0.2, -0.15) is 10.1 Å². The number of aromatic carboxylic acids is 1. The third-order valence-electron chi connectivity index (χ3n) is 3.13. The molecule has 21 heavy (non-hydrogen) atoms. The van der Waals surface area contributed by atoms with Crippen LogP contribution in [-0.2, 0) is 13.6 Å². The normalized spacial score (nSPS) is 11.0. The van der Waals surface area contributed by atoms with Gasteiger partial charge in [0.1, 0.15) is 5.52 Å². The first-order valence-electron chi connectivity index (χ1n) is 6.35. The van der Waals surface area contributed by atoms with Crippen molar-refractivity contribution in [1.82, 2.24) is 14.8 Å². The molecule has 7 nitrogen and oxygen atoms in total. The molecule has 0 saturated heterocycles. The van der Waals surface area contributed by atoms with Crippen LogP contribution in [0.15, 0.2) is 35.0 Å². The largest absolute Gasteiger partial charge is 0.478 e. The Morgan fingerprint density at radius 3 is 2.95 bits per heavy atom. The number of hydrogen-bond donors (Lipinski definition) is 1. The summed E-state index contributed by atoms with van der Waals surface area (Å²) < 4.78 is 7.35. The SMILES string of the molecule is CN(Cc1cnn(C)c1)c1nc2ccc(C(=O)O)cc2o1. The van der Waals surface area contributed by atoms with Gasteiger partial charge in [-0.25, -0.2) is 4.79 Å². The minimum atomic E-state index is -0.987. The molecule has 0 spiro atoms. The molecule has 0 unspecified atom stereocenters. The quantitative estimate of drug-likeness (QED) is 0.788. The number of hydrogen-bond acceptors (Lipinski definition) is 5. The van der Waals surface area contributed by atoms with Gasteiger partial charge in [-0.3, -0.25) is 4.68 Å². The summed E-state index contributed by atoms with van der Waals surface area (Å²) in [5.41, 5.74) is 2.31. The number of carboxylic acid groups (broad SMARTS) is 1. The molecule has 0 atom stereocenters. The minimum Gasteiger partial charge on any atom is -0.478 e. The number of anilines is 1. The smallest absolute Gasteiger partial charge is 0.335 e. The van der Waals surface area contributed by atoms with Gasteiger partial charge in [-0.05, 0) is 18.2 Å². The van der Waals surface area contributed by atoms with Crippen molar-refractivity contribution in [2.75, 3.05) is 11.9 Å². The number of oxazole rings is 1. The number of rotatable bonds is 4. The number of aromatic nitrogens is 3. The van der Waals surface area contributed by atoms with Crippen molar-refractivity contribution < 1.29 is 14.3 Å². The van der Waals surface area contributed by atoms with Crippen LogP contribution in [0.3, 0.4) is 0 Å². The number of fused-ring (bicyclic) bond motifs is 1. The second-order valence-electron chi connectivity index (χ2n) is 4.86. The Labute approximate surface area is 120 Å². The molecule has 0 aliphatic rings. The summed E-state index contributed by atoms with van der Waals surface area (Å²) in [6.07, 6.45) is 3.70. The molecule has 0 aliphatic heterocycles. The topological polar surface area (TPSA) is 84.4 Å². The highest BCUT2D eigenvalue weighted by Crippen LogP contribution is 2.23. The molecule has 0 saturated carbocycles. The monoisotopic (exact) mass is 286 g/mol. The first-order valence-corrected chi connectivity index (χ1v) is 6.35. The van der Waals surface area contributed by atoms with Gasteiger partial charge in [0, 0.05) is 25.9 Å². The van der Waals surface area contributed by atoms with E-state index in [1.165, 1.54) is 12.1 Å². The van der Waals surface area contributed by atoms with Crippen LogP contribution in [-0.4, -0.2) is 32.9 Å². The molecule has 3 rings (SSSR count). The van der Waals surface area contributed by atoms with E-state index in [-0.39, 0.29) is 5.56 Å². The molecule has 0 radical (unpaired) electrons. The lowest BCUT2D eigenvalue weighted by atomic mass is 10.2. The van der Waals surface area contributed by atoms with Crippen molar-refractivity contribution in [3.8, 4) is 0 Å². The molecule has 0 aliphatic carbocycles. The fourth-order valence-corrected chi connectivity index (χ4v) is 2.10. The summed E-state index contributed by atoms with van der Waals surface area (Å²) in [6, 6.07) is 5.07. The van der Waals surface area contributed by atoms with Crippen molar-refractivity contribution in [3.63, 3.8) is 0 Å². The molecule has 1 aromatic carbocycles. The molecule has 3 aromatic rings. The van der Waals surface area contributed by atoms with Crippen LogP contribution >= 0.6 is 0 Å². The Morgan fingerprint density at radius 1 is 1.48 bits per heavy atom. The van der Waals surface area contributed by atoms with E-state index in [1.807, 2.05) is 25.2 Å². The fraction of sp³-hybridized carbons (Fsp3) is 0.214. The number of carboxylic acids is 1. The van der Waals surface area contributed by atoms with E-state index in [9.17, 15) is 4.79 Å². The molecular formula is C14H14N4O3. The van der Waals surface area contributed by atoms with Gasteiger partial charge in [0.15, 0.2) is 5.58 Å². The van der Waals surface area contributed by atoms with E-state index in [1.54, 1.807) is 16.9 Å². The molecule has 0 fully saturated rings. The van der Waals surface area contributed by atoms with E-state index in [0.29, 0.717) is 23.7 Å². The first-order chi connectivity index (χ1) is 10.0. The summed E-state index contributed by atoms with van der Waals surface area (Å²) in [5.74, 6) is -0.987. The lowest BCUT2D eigenvalue weighted by Gasteiger charge is -2.12. The van der Waals surface area contributed by atoms with Gasteiger partial charge in [0.2, 0.25) is 0 Å². The van der Waals surface area contributed by atoms with Crippen LogP contribution in [0.1, 0.15) is 15.9 Å². The summed E-state index contributed by atoms with van der Waals surface area (Å²) in [7, 11) is 3.71. The Hall–Kier alpha value is -2.83. The molecule has 0 bridgehead atoms. The van der Waals surface area contributed by atoms with Gasteiger partial charge in [-0.1, -0.05) is 0 Å². The Bertz CT molecular complexity index is 806. The maximum atomic E-state index is 10.9. The van der Waals surface area contributed by atoms with Gasteiger partial charge in [0.05, 0.1) is 18.3 Å². The van der Waals surface area contributed by atoms with Crippen molar-refractivity contribution in [2.24, 2.45) is 7.05 Å². The zero-order chi connectivity index (χ0) is 15.0. The maximum absolute atomic E-state index is 10.9. The zero-order valence-corrected chi connectivity index (χ0v) is 11.6. The molecular weight excluding hydrogens is 272 g/mol. The summed E-state index contributed by atoms with van der Waals surface area (Å²) in [6.45, 7) is 0.604.